The van der Waals surface area contributed by atoms with Gasteiger partial charge in [-0.2, -0.15) is 18.2 Å². The Morgan fingerprint density at radius 3 is 2.51 bits per heavy atom. The molecule has 2 aromatic carbocycles. The van der Waals surface area contributed by atoms with E-state index < -0.39 is 35.5 Å². The second-order valence-electron chi connectivity index (χ2n) is 11.8. The average Bonchev–Trinajstić information content (AvgIpc) is 3.77. The molecule has 1 aromatic heterocycles. The molecule has 0 spiro atoms. The molecule has 1 N–H and O–H groups in total. The summed E-state index contributed by atoms with van der Waals surface area (Å²) in [5, 5.41) is 10.7. The monoisotopic (exact) mass is 618 g/mol. The Hall–Kier alpha value is -2.93. The SMILES string of the molecule is C=CC(O)N1[C@H](C)CN(c2nc(=O)n3c4c(c(-c5ccc(C)cc5F)c(C(F)(F)F)cc24)SCC3COC2CC2)C[C@@H]1C. The average molecular weight is 619 g/mol. The number of nitrogens with zero attached hydrogens (tertiary/aromatic N) is 4. The summed E-state index contributed by atoms with van der Waals surface area (Å²) in [5.74, 6) is -0.331. The van der Waals surface area contributed by atoms with Gasteiger partial charge in [-0.1, -0.05) is 18.7 Å². The third-order valence-corrected chi connectivity index (χ3v) is 9.72. The van der Waals surface area contributed by atoms with Gasteiger partial charge < -0.3 is 14.7 Å². The first-order valence-corrected chi connectivity index (χ1v) is 15.4. The first-order chi connectivity index (χ1) is 20.4. The van der Waals surface area contributed by atoms with Crippen LogP contribution in [0.15, 0.2) is 46.6 Å². The summed E-state index contributed by atoms with van der Waals surface area (Å²) in [5.41, 5.74) is -1.10. The molecule has 7 nitrogen and oxygen atoms in total. The summed E-state index contributed by atoms with van der Waals surface area (Å²) < 4.78 is 67.4. The highest BCUT2D eigenvalue weighted by Gasteiger charge is 2.41. The molecule has 3 heterocycles. The maximum absolute atomic E-state index is 15.4. The molecule has 0 amide bonds. The molecule has 6 rings (SSSR count). The van der Waals surface area contributed by atoms with Crippen molar-refractivity contribution < 1.29 is 27.4 Å². The first-order valence-electron chi connectivity index (χ1n) is 14.4. The van der Waals surface area contributed by atoms with Crippen molar-refractivity contribution in [3.05, 3.63) is 64.3 Å². The number of aliphatic hydroxyl groups is 1. The molecule has 1 saturated carbocycles. The lowest BCUT2D eigenvalue weighted by atomic mass is 9.94. The van der Waals surface area contributed by atoms with Crippen LogP contribution in [0.4, 0.5) is 23.4 Å². The van der Waals surface area contributed by atoms with Crippen molar-refractivity contribution in [2.75, 3.05) is 30.3 Å². The zero-order valence-corrected chi connectivity index (χ0v) is 25.0. The Morgan fingerprint density at radius 1 is 1.21 bits per heavy atom. The van der Waals surface area contributed by atoms with Crippen molar-refractivity contribution in [1.29, 1.82) is 0 Å². The number of rotatable bonds is 7. The molecule has 2 aliphatic heterocycles. The summed E-state index contributed by atoms with van der Waals surface area (Å²) in [6, 6.07) is 4.31. The van der Waals surface area contributed by atoms with E-state index in [9.17, 15) is 23.1 Å². The molecule has 12 heteroatoms. The fourth-order valence-corrected chi connectivity index (χ4v) is 7.72. The van der Waals surface area contributed by atoms with Crippen LogP contribution in [-0.2, 0) is 10.9 Å². The van der Waals surface area contributed by atoms with Crippen LogP contribution in [0.25, 0.3) is 22.0 Å². The molecule has 0 radical (unpaired) electrons. The summed E-state index contributed by atoms with van der Waals surface area (Å²) in [4.78, 5) is 22.1. The lowest BCUT2D eigenvalue weighted by molar-refractivity contribution is -0.137. The molecule has 1 saturated heterocycles. The highest BCUT2D eigenvalue weighted by molar-refractivity contribution is 7.99. The Bertz CT molecular complexity index is 1630. The van der Waals surface area contributed by atoms with Crippen molar-refractivity contribution in [2.24, 2.45) is 0 Å². The highest BCUT2D eigenvalue weighted by Crippen LogP contribution is 2.50. The number of hydrogen-bond acceptors (Lipinski definition) is 7. The minimum Gasteiger partial charge on any atom is -0.376 e. The molecule has 3 aliphatic rings. The maximum Gasteiger partial charge on any atom is 0.417 e. The quantitative estimate of drug-likeness (QED) is 0.267. The van der Waals surface area contributed by atoms with Crippen LogP contribution in [0.2, 0.25) is 0 Å². The van der Waals surface area contributed by atoms with Gasteiger partial charge in [-0.25, -0.2) is 9.18 Å². The van der Waals surface area contributed by atoms with Gasteiger partial charge in [-0.15, -0.1) is 11.8 Å². The van der Waals surface area contributed by atoms with Gasteiger partial charge in [0, 0.05) is 52.3 Å². The van der Waals surface area contributed by atoms with E-state index >= 15 is 4.39 Å². The lowest BCUT2D eigenvalue weighted by Gasteiger charge is -2.46. The Labute approximate surface area is 251 Å². The minimum atomic E-state index is -4.81. The summed E-state index contributed by atoms with van der Waals surface area (Å²) >= 11 is 1.19. The fraction of sp³-hybridized carbons (Fsp3) is 0.484. The van der Waals surface area contributed by atoms with E-state index in [2.05, 4.69) is 11.6 Å². The van der Waals surface area contributed by atoms with E-state index in [-0.39, 0.29) is 57.8 Å². The highest BCUT2D eigenvalue weighted by atomic mass is 32.2. The van der Waals surface area contributed by atoms with E-state index in [1.54, 1.807) is 13.0 Å². The predicted molar refractivity (Wildman–Crippen MR) is 159 cm³/mol. The maximum atomic E-state index is 15.4. The third-order valence-electron chi connectivity index (χ3n) is 8.48. The molecule has 3 aromatic rings. The van der Waals surface area contributed by atoms with Gasteiger partial charge in [0.25, 0.3) is 0 Å². The van der Waals surface area contributed by atoms with Crippen LogP contribution in [-0.4, -0.2) is 69.4 Å². The van der Waals surface area contributed by atoms with E-state index in [0.717, 1.165) is 18.9 Å². The van der Waals surface area contributed by atoms with Crippen molar-refractivity contribution in [3.63, 3.8) is 0 Å². The van der Waals surface area contributed by atoms with Crippen LogP contribution in [0, 0.1) is 12.7 Å². The lowest BCUT2D eigenvalue weighted by Crippen LogP contribution is -2.60. The number of alkyl halides is 3. The predicted octanol–water partition coefficient (Wildman–Crippen LogP) is 5.76. The van der Waals surface area contributed by atoms with Gasteiger partial charge in [0.05, 0.1) is 29.8 Å². The van der Waals surface area contributed by atoms with Gasteiger partial charge >= 0.3 is 11.9 Å². The number of piperazine rings is 1. The van der Waals surface area contributed by atoms with Crippen LogP contribution < -0.4 is 10.6 Å². The van der Waals surface area contributed by atoms with Gasteiger partial charge in [0.1, 0.15) is 17.9 Å². The number of benzene rings is 2. The molecule has 43 heavy (non-hydrogen) atoms. The normalized spacial score (nSPS) is 23.5. The number of aliphatic hydroxyl groups excluding tert-OH is 1. The minimum absolute atomic E-state index is 0.125. The molecule has 1 aliphatic carbocycles. The Morgan fingerprint density at radius 2 is 1.91 bits per heavy atom. The van der Waals surface area contributed by atoms with Gasteiger partial charge in [-0.3, -0.25) is 9.47 Å². The first kappa shape index (κ1) is 30.1. The van der Waals surface area contributed by atoms with E-state index in [1.807, 2.05) is 23.6 Å². The van der Waals surface area contributed by atoms with Crippen molar-refractivity contribution in [3.8, 4) is 11.1 Å². The van der Waals surface area contributed by atoms with Crippen LogP contribution in [0.3, 0.4) is 0 Å². The topological polar surface area (TPSA) is 70.8 Å². The fourth-order valence-electron chi connectivity index (χ4n) is 6.40. The zero-order chi connectivity index (χ0) is 30.8. The van der Waals surface area contributed by atoms with Crippen molar-refractivity contribution >= 4 is 28.5 Å². The smallest absolute Gasteiger partial charge is 0.376 e. The molecule has 4 atom stereocenters. The summed E-state index contributed by atoms with van der Waals surface area (Å²) in [7, 11) is 0. The van der Waals surface area contributed by atoms with E-state index in [4.69, 9.17) is 4.74 Å². The summed E-state index contributed by atoms with van der Waals surface area (Å²) in [6.45, 7) is 10.00. The Kier molecular flexibility index (Phi) is 7.85. The molecular formula is C31H34F4N4O3S. The molecule has 0 bridgehead atoms. The number of aryl methyl sites for hydroxylation is 1. The van der Waals surface area contributed by atoms with Gasteiger partial charge in [0.2, 0.25) is 0 Å². The molecule has 230 valence electrons. The number of aromatic nitrogens is 2. The second kappa shape index (κ2) is 11.2. The van der Waals surface area contributed by atoms with Crippen LogP contribution in [0.5, 0.6) is 0 Å². The van der Waals surface area contributed by atoms with Crippen molar-refractivity contribution in [2.45, 2.75) is 75.1 Å². The molecule has 2 fully saturated rings. The zero-order valence-electron chi connectivity index (χ0n) is 24.2. The largest absolute Gasteiger partial charge is 0.417 e. The molecule has 2 unspecified atom stereocenters. The van der Waals surface area contributed by atoms with Gasteiger partial charge in [0.15, 0.2) is 0 Å². The van der Waals surface area contributed by atoms with Crippen molar-refractivity contribution in [1.82, 2.24) is 14.5 Å². The van der Waals surface area contributed by atoms with Crippen LogP contribution >= 0.6 is 11.8 Å². The third kappa shape index (κ3) is 5.47. The van der Waals surface area contributed by atoms with E-state index in [1.165, 1.54) is 34.5 Å². The van der Waals surface area contributed by atoms with E-state index in [0.29, 0.717) is 24.2 Å². The number of thioether (sulfide) groups is 1. The second-order valence-corrected chi connectivity index (χ2v) is 12.8. The number of hydrogen-bond donors (Lipinski definition) is 1. The Balaban J connectivity index is 1.61. The van der Waals surface area contributed by atoms with Crippen LogP contribution in [0.1, 0.15) is 43.9 Å². The number of anilines is 1. The standard InChI is InChI=1S/C31H34F4N4O3S/c1-5-25(40)38-17(3)12-37(13-18(38)4)29-22-11-23(31(33,34)35)26(21-9-6-16(2)10-24(21)32)28-27(22)39(30(41)36-29)19(15-43-28)14-42-20-7-8-20/h5-6,9-11,17-20,25,40H,1,7-8,12-15H2,2-4H3/t17-,18+,19?,25?. The number of ether oxygens (including phenoxy) is 1. The van der Waals surface area contributed by atoms with Gasteiger partial charge in [-0.05, 0) is 57.4 Å². The number of halogens is 4. The summed E-state index contributed by atoms with van der Waals surface area (Å²) in [6.07, 6.45) is -2.28. The molecular weight excluding hydrogens is 584 g/mol.